The van der Waals surface area contributed by atoms with Gasteiger partial charge in [0.1, 0.15) is 18.2 Å². The molecule has 1 heterocycles. The molecule has 1 aromatic heterocycles. The maximum atomic E-state index is 13.8. The molecule has 3 aromatic carbocycles. The summed E-state index contributed by atoms with van der Waals surface area (Å²) in [5.74, 6) is -1.98. The molecule has 38 heavy (non-hydrogen) atoms. The standard InChI is InChI=1S/C29H32F2N4O3/c1-3-19-7-6-8-20(11-19)16-32-17-27(36)24(14-21-12-22(30)15-23(31)13-21)33-28(37)18-35-26-10-5-4-9-25(26)34(2)29(35)38/h4-13,15,24,27,32,36H,3,14,16-18H2,1-2H3,(H,33,37)/t24-,27+/m0/s1. The minimum atomic E-state index is -1.07. The van der Waals surface area contributed by atoms with Gasteiger partial charge in [-0.2, -0.15) is 0 Å². The summed E-state index contributed by atoms with van der Waals surface area (Å²) in [4.78, 5) is 25.8. The van der Waals surface area contributed by atoms with Gasteiger partial charge in [0.15, 0.2) is 0 Å². The molecule has 200 valence electrons. The van der Waals surface area contributed by atoms with Gasteiger partial charge in [0.25, 0.3) is 0 Å². The van der Waals surface area contributed by atoms with Crippen molar-refractivity contribution in [3.05, 3.63) is 106 Å². The molecule has 9 heteroatoms. The molecule has 1 amide bonds. The highest BCUT2D eigenvalue weighted by Gasteiger charge is 2.23. The van der Waals surface area contributed by atoms with Crippen molar-refractivity contribution in [2.75, 3.05) is 6.54 Å². The van der Waals surface area contributed by atoms with Crippen LogP contribution in [0.25, 0.3) is 11.0 Å². The van der Waals surface area contributed by atoms with Crippen molar-refractivity contribution < 1.29 is 18.7 Å². The first-order chi connectivity index (χ1) is 18.2. The third-order valence-corrected chi connectivity index (χ3v) is 6.62. The number of nitrogens with one attached hydrogen (secondary N) is 2. The quantitative estimate of drug-likeness (QED) is 0.283. The summed E-state index contributed by atoms with van der Waals surface area (Å²) < 4.78 is 30.5. The van der Waals surface area contributed by atoms with Crippen LogP contribution in [0.1, 0.15) is 23.6 Å². The van der Waals surface area contributed by atoms with E-state index in [0.717, 1.165) is 18.1 Å². The molecule has 4 aromatic rings. The molecule has 3 N–H and O–H groups in total. The number of aromatic nitrogens is 2. The fourth-order valence-corrected chi connectivity index (χ4v) is 4.64. The van der Waals surface area contributed by atoms with Crippen molar-refractivity contribution in [3.8, 4) is 0 Å². The van der Waals surface area contributed by atoms with Crippen LogP contribution in [-0.4, -0.2) is 38.8 Å². The van der Waals surface area contributed by atoms with E-state index in [-0.39, 0.29) is 25.2 Å². The molecule has 4 rings (SSSR count). The Labute approximate surface area is 219 Å². The second kappa shape index (κ2) is 12.1. The molecular formula is C29H32F2N4O3. The number of hydrogen-bond donors (Lipinski definition) is 3. The molecule has 0 bridgehead atoms. The maximum Gasteiger partial charge on any atom is 0.329 e. The first-order valence-electron chi connectivity index (χ1n) is 12.6. The van der Waals surface area contributed by atoms with Gasteiger partial charge in [-0.05, 0) is 53.8 Å². The number of carbonyl (C=O) groups is 1. The highest BCUT2D eigenvalue weighted by molar-refractivity contribution is 5.81. The number of nitrogens with zero attached hydrogens (tertiary/aromatic N) is 2. The van der Waals surface area contributed by atoms with E-state index in [1.807, 2.05) is 24.3 Å². The summed E-state index contributed by atoms with van der Waals surface area (Å²) in [6.45, 7) is 2.45. The van der Waals surface area contributed by atoms with Crippen LogP contribution in [0.15, 0.2) is 71.5 Å². The number of fused-ring (bicyclic) bond motifs is 1. The third kappa shape index (κ3) is 6.54. The fraction of sp³-hybridized carbons (Fsp3) is 0.310. The number of imidazole rings is 1. The number of amides is 1. The largest absolute Gasteiger partial charge is 0.390 e. The Morgan fingerprint density at radius 3 is 2.34 bits per heavy atom. The van der Waals surface area contributed by atoms with E-state index in [0.29, 0.717) is 23.1 Å². The second-order valence-corrected chi connectivity index (χ2v) is 9.44. The Morgan fingerprint density at radius 1 is 0.947 bits per heavy atom. The molecule has 0 saturated heterocycles. The van der Waals surface area contributed by atoms with Crippen LogP contribution in [-0.2, 0) is 37.8 Å². The minimum Gasteiger partial charge on any atom is -0.390 e. The topological polar surface area (TPSA) is 88.3 Å². The maximum absolute atomic E-state index is 13.8. The number of hydrogen-bond acceptors (Lipinski definition) is 4. The number of benzene rings is 3. The van der Waals surface area contributed by atoms with Crippen molar-refractivity contribution >= 4 is 16.9 Å². The monoisotopic (exact) mass is 522 g/mol. The molecule has 0 radical (unpaired) electrons. The van der Waals surface area contributed by atoms with Gasteiger partial charge in [-0.3, -0.25) is 13.9 Å². The van der Waals surface area contributed by atoms with E-state index in [2.05, 4.69) is 23.6 Å². The molecule has 2 atom stereocenters. The van der Waals surface area contributed by atoms with Crippen molar-refractivity contribution in [2.45, 2.75) is 45.0 Å². The van der Waals surface area contributed by atoms with E-state index < -0.39 is 29.7 Å². The van der Waals surface area contributed by atoms with Crippen LogP contribution in [0.4, 0.5) is 8.78 Å². The molecule has 0 aliphatic rings. The Morgan fingerprint density at radius 2 is 1.63 bits per heavy atom. The number of aliphatic hydroxyl groups is 1. The number of aryl methyl sites for hydroxylation is 2. The summed E-state index contributed by atoms with van der Waals surface area (Å²) in [5, 5.41) is 17.0. The zero-order valence-corrected chi connectivity index (χ0v) is 21.5. The molecule has 0 spiro atoms. The molecular weight excluding hydrogens is 490 g/mol. The van der Waals surface area contributed by atoms with E-state index in [1.165, 1.54) is 26.8 Å². The highest BCUT2D eigenvalue weighted by atomic mass is 19.1. The van der Waals surface area contributed by atoms with Gasteiger partial charge >= 0.3 is 5.69 Å². The molecule has 0 unspecified atom stereocenters. The Kier molecular flexibility index (Phi) is 8.70. The number of aliphatic hydroxyl groups excluding tert-OH is 1. The smallest absolute Gasteiger partial charge is 0.329 e. The van der Waals surface area contributed by atoms with Gasteiger partial charge < -0.3 is 15.7 Å². The number of rotatable bonds is 11. The molecule has 0 fully saturated rings. The van der Waals surface area contributed by atoms with Gasteiger partial charge in [-0.15, -0.1) is 0 Å². The highest BCUT2D eigenvalue weighted by Crippen LogP contribution is 2.14. The molecule has 7 nitrogen and oxygen atoms in total. The van der Waals surface area contributed by atoms with E-state index in [4.69, 9.17) is 0 Å². The number of halogens is 2. The summed E-state index contributed by atoms with van der Waals surface area (Å²) in [7, 11) is 1.63. The van der Waals surface area contributed by atoms with Crippen LogP contribution < -0.4 is 16.3 Å². The number of carbonyl (C=O) groups excluding carboxylic acids is 1. The number of para-hydroxylation sites is 2. The minimum absolute atomic E-state index is 0.000970. The van der Waals surface area contributed by atoms with Crippen LogP contribution in [0.2, 0.25) is 0 Å². The second-order valence-electron chi connectivity index (χ2n) is 9.44. The van der Waals surface area contributed by atoms with Crippen molar-refractivity contribution in [1.29, 1.82) is 0 Å². The predicted octanol–water partition coefficient (Wildman–Crippen LogP) is 3.06. The van der Waals surface area contributed by atoms with Crippen LogP contribution in [0.5, 0.6) is 0 Å². The lowest BCUT2D eigenvalue weighted by atomic mass is 10.0. The van der Waals surface area contributed by atoms with E-state index >= 15 is 0 Å². The predicted molar refractivity (Wildman–Crippen MR) is 143 cm³/mol. The van der Waals surface area contributed by atoms with Crippen molar-refractivity contribution in [3.63, 3.8) is 0 Å². The molecule has 0 saturated carbocycles. The zero-order valence-electron chi connectivity index (χ0n) is 21.5. The van der Waals surface area contributed by atoms with E-state index in [1.54, 1.807) is 25.2 Å². The SMILES string of the molecule is CCc1cccc(CNC[C@@H](O)[C@H](Cc2cc(F)cc(F)c2)NC(=O)Cn2c(=O)n(C)c3ccccc32)c1. The van der Waals surface area contributed by atoms with Gasteiger partial charge in [0, 0.05) is 26.2 Å². The zero-order chi connectivity index (χ0) is 27.2. The van der Waals surface area contributed by atoms with Crippen molar-refractivity contribution in [1.82, 2.24) is 19.8 Å². The summed E-state index contributed by atoms with van der Waals surface area (Å²) in [5.41, 5.74) is 3.50. The van der Waals surface area contributed by atoms with Gasteiger partial charge in [-0.1, -0.05) is 43.3 Å². The first kappa shape index (κ1) is 27.2. The van der Waals surface area contributed by atoms with Crippen LogP contribution in [0, 0.1) is 11.6 Å². The molecule has 0 aliphatic carbocycles. The lowest BCUT2D eigenvalue weighted by molar-refractivity contribution is -0.123. The Balaban J connectivity index is 1.49. The van der Waals surface area contributed by atoms with Crippen LogP contribution in [0.3, 0.4) is 0 Å². The third-order valence-electron chi connectivity index (χ3n) is 6.62. The summed E-state index contributed by atoms with van der Waals surface area (Å²) >= 11 is 0. The van der Waals surface area contributed by atoms with E-state index in [9.17, 15) is 23.5 Å². The lowest BCUT2D eigenvalue weighted by Gasteiger charge is -2.25. The van der Waals surface area contributed by atoms with Gasteiger partial charge in [-0.25, -0.2) is 13.6 Å². The Bertz CT molecular complexity index is 1460. The van der Waals surface area contributed by atoms with Gasteiger partial charge in [0.2, 0.25) is 5.91 Å². The molecule has 0 aliphatic heterocycles. The van der Waals surface area contributed by atoms with Gasteiger partial charge in [0.05, 0.1) is 23.2 Å². The average Bonchev–Trinajstić information content (AvgIpc) is 3.12. The normalized spacial score (nSPS) is 13.0. The summed E-state index contributed by atoms with van der Waals surface area (Å²) in [6.07, 6.45) is -0.156. The van der Waals surface area contributed by atoms with Crippen LogP contribution >= 0.6 is 0 Å². The summed E-state index contributed by atoms with van der Waals surface area (Å²) in [6, 6.07) is 17.5. The lowest BCUT2D eigenvalue weighted by Crippen LogP contribution is -2.50. The average molecular weight is 523 g/mol. The fourth-order valence-electron chi connectivity index (χ4n) is 4.64. The Hall–Kier alpha value is -3.82. The van der Waals surface area contributed by atoms with Crippen molar-refractivity contribution in [2.24, 2.45) is 7.05 Å². The first-order valence-corrected chi connectivity index (χ1v) is 12.6.